The van der Waals surface area contributed by atoms with Crippen LogP contribution >= 0.6 is 0 Å². The number of fused-ring (bicyclic) bond motifs is 1. The lowest BCUT2D eigenvalue weighted by atomic mass is 9.88. The maximum atomic E-state index is 12.9. The van der Waals surface area contributed by atoms with E-state index in [1.165, 1.54) is 0 Å². The average molecular weight is 296 g/mol. The fourth-order valence-electron chi connectivity index (χ4n) is 3.63. The van der Waals surface area contributed by atoms with Crippen molar-refractivity contribution in [3.8, 4) is 5.69 Å². The van der Waals surface area contributed by atoms with Gasteiger partial charge in [0.05, 0.1) is 12.5 Å². The molecule has 0 bridgehead atoms. The number of carbonyl (C=O) groups excluding carboxylic acids is 1. The third-order valence-electron chi connectivity index (χ3n) is 4.88. The van der Waals surface area contributed by atoms with E-state index in [1.807, 2.05) is 39.8 Å². The smallest absolute Gasteiger partial charge is 0.272 e. The Kier molecular flexibility index (Phi) is 3.42. The Morgan fingerprint density at radius 2 is 2.00 bits per heavy atom. The summed E-state index contributed by atoms with van der Waals surface area (Å²) < 4.78 is 1.88. The van der Waals surface area contributed by atoms with Crippen LogP contribution in [0.3, 0.4) is 0 Å². The zero-order valence-corrected chi connectivity index (χ0v) is 12.5. The van der Waals surface area contributed by atoms with Gasteiger partial charge in [0.1, 0.15) is 5.69 Å². The van der Waals surface area contributed by atoms with Crippen LogP contribution in [0.2, 0.25) is 0 Å². The Morgan fingerprint density at radius 3 is 2.86 bits per heavy atom. The van der Waals surface area contributed by atoms with E-state index in [4.69, 9.17) is 0 Å². The lowest BCUT2D eigenvalue weighted by molar-refractivity contribution is 0.0634. The van der Waals surface area contributed by atoms with Crippen molar-refractivity contribution < 1.29 is 4.79 Å². The van der Waals surface area contributed by atoms with Gasteiger partial charge in [0.25, 0.3) is 5.91 Å². The summed E-state index contributed by atoms with van der Waals surface area (Å²) in [7, 11) is 0. The molecule has 0 radical (unpaired) electrons. The summed E-state index contributed by atoms with van der Waals surface area (Å²) in [5, 5.41) is 3.44. The zero-order chi connectivity index (χ0) is 14.9. The fourth-order valence-corrected chi connectivity index (χ4v) is 3.63. The first-order valence-electron chi connectivity index (χ1n) is 7.90. The minimum Gasteiger partial charge on any atom is -0.337 e. The minimum absolute atomic E-state index is 0.0895. The number of rotatable bonds is 2. The van der Waals surface area contributed by atoms with Crippen molar-refractivity contribution in [2.24, 2.45) is 11.8 Å². The van der Waals surface area contributed by atoms with Gasteiger partial charge >= 0.3 is 0 Å². The summed E-state index contributed by atoms with van der Waals surface area (Å²) in [6.45, 7) is 3.85. The Labute approximate surface area is 130 Å². The summed E-state index contributed by atoms with van der Waals surface area (Å²) in [6, 6.07) is 9.90. The van der Waals surface area contributed by atoms with Gasteiger partial charge in [0, 0.05) is 18.8 Å². The van der Waals surface area contributed by atoms with Crippen LogP contribution < -0.4 is 5.32 Å². The van der Waals surface area contributed by atoms with Crippen LogP contribution in [0.1, 0.15) is 16.9 Å². The van der Waals surface area contributed by atoms with Gasteiger partial charge in [-0.25, -0.2) is 4.98 Å². The van der Waals surface area contributed by atoms with Gasteiger partial charge in [-0.15, -0.1) is 0 Å². The first-order chi connectivity index (χ1) is 10.8. The van der Waals surface area contributed by atoms with Crippen LogP contribution in [0.25, 0.3) is 5.69 Å². The number of piperidine rings is 1. The second-order valence-corrected chi connectivity index (χ2v) is 6.20. The molecule has 0 saturated carbocycles. The van der Waals surface area contributed by atoms with Crippen molar-refractivity contribution in [3.05, 3.63) is 48.5 Å². The van der Waals surface area contributed by atoms with E-state index in [0.717, 1.165) is 44.2 Å². The predicted molar refractivity (Wildman–Crippen MR) is 83.9 cm³/mol. The molecule has 2 aromatic rings. The van der Waals surface area contributed by atoms with E-state index in [1.54, 1.807) is 12.5 Å². The number of hydrogen-bond donors (Lipinski definition) is 1. The number of aromatic nitrogens is 2. The van der Waals surface area contributed by atoms with Crippen molar-refractivity contribution in [3.63, 3.8) is 0 Å². The molecule has 2 unspecified atom stereocenters. The molecule has 0 spiro atoms. The first kappa shape index (κ1) is 13.5. The van der Waals surface area contributed by atoms with E-state index in [2.05, 4.69) is 10.3 Å². The van der Waals surface area contributed by atoms with E-state index in [0.29, 0.717) is 11.6 Å². The Morgan fingerprint density at radius 1 is 1.18 bits per heavy atom. The molecular weight excluding hydrogens is 276 g/mol. The number of para-hydroxylation sites is 1. The zero-order valence-electron chi connectivity index (χ0n) is 12.5. The molecule has 22 heavy (non-hydrogen) atoms. The predicted octanol–water partition coefficient (Wildman–Crippen LogP) is 1.55. The molecule has 1 aromatic carbocycles. The monoisotopic (exact) mass is 296 g/mol. The minimum atomic E-state index is 0.0895. The van der Waals surface area contributed by atoms with Gasteiger partial charge in [-0.05, 0) is 43.5 Å². The van der Waals surface area contributed by atoms with Gasteiger partial charge in [-0.1, -0.05) is 18.2 Å². The Hall–Kier alpha value is -2.14. The van der Waals surface area contributed by atoms with Crippen molar-refractivity contribution in [2.75, 3.05) is 26.2 Å². The number of amides is 1. The Balaban J connectivity index is 1.58. The molecule has 5 nitrogen and oxygen atoms in total. The molecule has 3 heterocycles. The number of benzene rings is 1. The molecule has 5 heteroatoms. The number of carbonyl (C=O) groups is 1. The number of hydrogen-bond acceptors (Lipinski definition) is 3. The summed E-state index contributed by atoms with van der Waals surface area (Å²) in [5.74, 6) is 1.43. The van der Waals surface area contributed by atoms with Gasteiger partial charge in [0.2, 0.25) is 0 Å². The molecule has 114 valence electrons. The number of nitrogens with zero attached hydrogens (tertiary/aromatic N) is 3. The quantitative estimate of drug-likeness (QED) is 0.915. The van der Waals surface area contributed by atoms with Gasteiger partial charge in [0.15, 0.2) is 0 Å². The standard InChI is InChI=1S/C17H20N4O/c22-17(20-7-6-13-8-18-9-14(13)11-20)16-10-19-12-21(16)15-4-2-1-3-5-15/h1-5,10,12-14,18H,6-9,11H2. The maximum absolute atomic E-state index is 12.9. The molecule has 2 saturated heterocycles. The highest BCUT2D eigenvalue weighted by atomic mass is 16.2. The number of likely N-dealkylation sites (tertiary alicyclic amines) is 1. The molecular formula is C17H20N4O. The van der Waals surface area contributed by atoms with Crippen molar-refractivity contribution in [1.29, 1.82) is 0 Å². The average Bonchev–Trinajstić information content (AvgIpc) is 3.23. The van der Waals surface area contributed by atoms with Crippen molar-refractivity contribution >= 4 is 5.91 Å². The Bertz CT molecular complexity index is 666. The lowest BCUT2D eigenvalue weighted by Gasteiger charge is -2.34. The molecule has 1 amide bonds. The van der Waals surface area contributed by atoms with E-state index < -0.39 is 0 Å². The van der Waals surface area contributed by atoms with Crippen molar-refractivity contribution in [2.45, 2.75) is 6.42 Å². The SMILES string of the molecule is O=C(c1cncn1-c1ccccc1)N1CCC2CNCC2C1. The van der Waals surface area contributed by atoms with Crippen LogP contribution in [0.4, 0.5) is 0 Å². The van der Waals surface area contributed by atoms with E-state index >= 15 is 0 Å². The number of nitrogens with one attached hydrogen (secondary N) is 1. The number of imidazole rings is 1. The van der Waals surface area contributed by atoms with Crippen LogP contribution in [0.15, 0.2) is 42.9 Å². The second kappa shape index (κ2) is 5.57. The summed E-state index contributed by atoms with van der Waals surface area (Å²) in [4.78, 5) is 19.1. The van der Waals surface area contributed by atoms with Crippen molar-refractivity contribution in [1.82, 2.24) is 19.8 Å². The van der Waals surface area contributed by atoms with E-state index in [-0.39, 0.29) is 5.91 Å². The highest BCUT2D eigenvalue weighted by Crippen LogP contribution is 2.27. The second-order valence-electron chi connectivity index (χ2n) is 6.20. The molecule has 1 aromatic heterocycles. The van der Waals surface area contributed by atoms with E-state index in [9.17, 15) is 4.79 Å². The normalized spacial score (nSPS) is 24.3. The van der Waals surface area contributed by atoms with Gasteiger partial charge < -0.3 is 10.2 Å². The van der Waals surface area contributed by atoms with Crippen LogP contribution in [0, 0.1) is 11.8 Å². The van der Waals surface area contributed by atoms with Crippen LogP contribution in [0.5, 0.6) is 0 Å². The molecule has 4 rings (SSSR count). The van der Waals surface area contributed by atoms with Gasteiger partial charge in [-0.3, -0.25) is 9.36 Å². The highest BCUT2D eigenvalue weighted by molar-refractivity contribution is 5.93. The summed E-state index contributed by atoms with van der Waals surface area (Å²) in [5.41, 5.74) is 1.62. The summed E-state index contributed by atoms with van der Waals surface area (Å²) in [6.07, 6.45) is 4.49. The topological polar surface area (TPSA) is 50.2 Å². The molecule has 1 N–H and O–H groups in total. The van der Waals surface area contributed by atoms with Crippen LogP contribution in [-0.2, 0) is 0 Å². The molecule has 2 aliphatic heterocycles. The highest BCUT2D eigenvalue weighted by Gasteiger charge is 2.35. The molecule has 0 aliphatic carbocycles. The molecule has 2 aliphatic rings. The largest absolute Gasteiger partial charge is 0.337 e. The fraction of sp³-hybridized carbons (Fsp3) is 0.412. The van der Waals surface area contributed by atoms with Crippen LogP contribution in [-0.4, -0.2) is 46.5 Å². The lowest BCUT2D eigenvalue weighted by Crippen LogP contribution is -2.43. The third kappa shape index (κ3) is 2.31. The first-order valence-corrected chi connectivity index (χ1v) is 7.90. The van der Waals surface area contributed by atoms with Gasteiger partial charge in [-0.2, -0.15) is 0 Å². The third-order valence-corrected chi connectivity index (χ3v) is 4.88. The summed E-state index contributed by atoms with van der Waals surface area (Å²) >= 11 is 0. The molecule has 2 atom stereocenters. The maximum Gasteiger partial charge on any atom is 0.272 e. The molecule has 2 fully saturated rings.